The van der Waals surface area contributed by atoms with Crippen molar-refractivity contribution >= 4 is 40.8 Å². The number of carbonyl (C=O) groups is 4. The van der Waals surface area contributed by atoms with Crippen LogP contribution < -0.4 is 15.2 Å². The third kappa shape index (κ3) is 3.84. The lowest BCUT2D eigenvalue weighted by molar-refractivity contribution is -0.122. The zero-order chi connectivity index (χ0) is 26.9. The molecule has 0 radical (unpaired) electrons. The van der Waals surface area contributed by atoms with Gasteiger partial charge in [0.15, 0.2) is 0 Å². The highest BCUT2D eigenvalue weighted by Gasteiger charge is 2.51. The number of rotatable bonds is 4. The second-order valence-electron chi connectivity index (χ2n) is 11.9. The molecule has 1 atom stereocenters. The fourth-order valence-corrected chi connectivity index (χ4v) is 8.03. The summed E-state index contributed by atoms with van der Waals surface area (Å²) in [6, 6.07) is 15.9. The van der Waals surface area contributed by atoms with E-state index >= 15 is 0 Å². The molecule has 2 aliphatic heterocycles. The molecule has 0 unspecified atom stereocenters. The molecule has 8 rings (SSSR count). The van der Waals surface area contributed by atoms with E-state index in [1.165, 1.54) is 55.2 Å². The van der Waals surface area contributed by atoms with E-state index in [2.05, 4.69) is 22.6 Å². The van der Waals surface area contributed by atoms with Crippen LogP contribution in [0.4, 0.5) is 16.2 Å². The Morgan fingerprint density at radius 2 is 1.46 bits per heavy atom. The van der Waals surface area contributed by atoms with Crippen LogP contribution in [0.15, 0.2) is 71.3 Å². The Kier molecular flexibility index (Phi) is 5.37. The summed E-state index contributed by atoms with van der Waals surface area (Å²) in [6.45, 7) is 1.68. The smallest absolute Gasteiger partial charge is 0.273 e. The Hall–Kier alpha value is -4.07. The van der Waals surface area contributed by atoms with Crippen LogP contribution in [0.2, 0.25) is 0 Å². The molecule has 1 saturated heterocycles. The third-order valence-corrected chi connectivity index (χ3v) is 9.39. The summed E-state index contributed by atoms with van der Waals surface area (Å²) >= 11 is 0. The highest BCUT2D eigenvalue weighted by atomic mass is 16.2. The molecule has 4 saturated carbocycles. The molecule has 1 N–H and O–H groups in total. The Labute approximate surface area is 226 Å². The fraction of sp³-hybridized carbons (Fsp3) is 0.387. The zero-order valence-electron chi connectivity index (χ0n) is 21.8. The Morgan fingerprint density at radius 3 is 2.08 bits per heavy atom. The van der Waals surface area contributed by atoms with E-state index in [1.54, 1.807) is 31.2 Å². The molecule has 2 aromatic rings. The fourth-order valence-electron chi connectivity index (χ4n) is 8.03. The van der Waals surface area contributed by atoms with Crippen molar-refractivity contribution in [3.63, 3.8) is 0 Å². The van der Waals surface area contributed by atoms with Crippen molar-refractivity contribution in [3.05, 3.63) is 71.8 Å². The zero-order valence-corrected chi connectivity index (χ0v) is 21.8. The van der Waals surface area contributed by atoms with Crippen LogP contribution in [-0.4, -0.2) is 29.5 Å². The number of barbiturate groups is 1. The molecule has 5 fully saturated rings. The van der Waals surface area contributed by atoms with E-state index in [1.807, 2.05) is 18.2 Å². The maximum Gasteiger partial charge on any atom is 0.335 e. The quantitative estimate of drug-likeness (QED) is 0.465. The average Bonchev–Trinajstić information content (AvgIpc) is 3.19. The molecule has 4 aliphatic carbocycles. The summed E-state index contributed by atoms with van der Waals surface area (Å²) in [5.74, 6) is -0.375. The topological polar surface area (TPSA) is 99.2 Å². The van der Waals surface area contributed by atoms with Crippen molar-refractivity contribution in [2.24, 2.45) is 28.8 Å². The summed E-state index contributed by atoms with van der Waals surface area (Å²) in [4.78, 5) is 53.2. The molecule has 8 heteroatoms. The third-order valence-electron chi connectivity index (χ3n) is 9.39. The van der Waals surface area contributed by atoms with E-state index < -0.39 is 23.8 Å². The lowest BCUT2D eigenvalue weighted by Gasteiger charge is -2.57. The maximum absolute atomic E-state index is 13.5. The van der Waals surface area contributed by atoms with Crippen LogP contribution in [0.3, 0.4) is 0 Å². The first-order valence-electron chi connectivity index (χ1n) is 13.8. The number of hydrazone groups is 1. The van der Waals surface area contributed by atoms with Crippen LogP contribution in [0.5, 0.6) is 0 Å². The van der Waals surface area contributed by atoms with E-state index in [4.69, 9.17) is 0 Å². The molecule has 39 heavy (non-hydrogen) atoms. The first-order chi connectivity index (χ1) is 18.8. The van der Waals surface area contributed by atoms with Crippen LogP contribution in [-0.2, 0) is 19.8 Å². The predicted octanol–water partition coefficient (Wildman–Crippen LogP) is 4.70. The molecule has 6 aliphatic rings. The maximum atomic E-state index is 13.5. The SMILES string of the molecule is CC1=NN(c2ccccc2)C(=O)[C@@H]1/C=C1\C(=O)NC(=O)N(c2ccc(C34CC5CC(CC(C5)C3)C4)cc2)C1=O. The average molecular weight is 523 g/mol. The second kappa shape index (κ2) is 8.73. The van der Waals surface area contributed by atoms with Gasteiger partial charge in [-0.05, 0) is 105 Å². The summed E-state index contributed by atoms with van der Waals surface area (Å²) in [5, 5.41) is 7.89. The van der Waals surface area contributed by atoms with Crippen molar-refractivity contribution in [3.8, 4) is 0 Å². The standard InChI is InChI=1S/C31H30N4O4/c1-18-25(29(38)35(33-18)24-5-3-2-4-6-24)14-26-27(36)32-30(39)34(28(26)37)23-9-7-22(8-10-23)31-15-19-11-20(16-31)13-21(12-19)17-31/h2-10,14,19-21,25H,11-13,15-17H2,1H3,(H,32,36,39)/b26-14+/t19?,20?,21?,25-,31?/m1/s1. The number of para-hydroxylation sites is 1. The second-order valence-corrected chi connectivity index (χ2v) is 11.9. The van der Waals surface area contributed by atoms with Gasteiger partial charge in [-0.3, -0.25) is 19.7 Å². The number of benzene rings is 2. The van der Waals surface area contributed by atoms with Crippen molar-refractivity contribution in [1.82, 2.24) is 5.32 Å². The first-order valence-corrected chi connectivity index (χ1v) is 13.8. The van der Waals surface area contributed by atoms with Crippen LogP contribution in [0, 0.1) is 23.7 Å². The number of anilines is 2. The number of nitrogens with zero attached hydrogens (tertiary/aromatic N) is 3. The number of hydrogen-bond donors (Lipinski definition) is 1. The van der Waals surface area contributed by atoms with E-state index in [9.17, 15) is 19.2 Å². The van der Waals surface area contributed by atoms with Gasteiger partial charge in [0.1, 0.15) is 5.57 Å². The van der Waals surface area contributed by atoms with Crippen LogP contribution in [0.25, 0.3) is 0 Å². The highest BCUT2D eigenvalue weighted by Crippen LogP contribution is 2.60. The van der Waals surface area contributed by atoms with Crippen molar-refractivity contribution < 1.29 is 19.2 Å². The summed E-state index contributed by atoms with van der Waals surface area (Å²) in [5.41, 5.74) is 2.69. The molecule has 4 bridgehead atoms. The molecule has 198 valence electrons. The summed E-state index contributed by atoms with van der Waals surface area (Å²) in [7, 11) is 0. The molecule has 0 aromatic heterocycles. The Morgan fingerprint density at radius 1 is 0.846 bits per heavy atom. The minimum Gasteiger partial charge on any atom is -0.273 e. The van der Waals surface area contributed by atoms with Gasteiger partial charge in [-0.25, -0.2) is 9.69 Å². The van der Waals surface area contributed by atoms with Gasteiger partial charge in [0.2, 0.25) is 0 Å². The number of hydrogen-bond acceptors (Lipinski definition) is 5. The van der Waals surface area contributed by atoms with Gasteiger partial charge < -0.3 is 0 Å². The van der Waals surface area contributed by atoms with E-state index in [0.29, 0.717) is 17.1 Å². The lowest BCUT2D eigenvalue weighted by Crippen LogP contribution is -2.54. The number of carbonyl (C=O) groups excluding carboxylic acids is 4. The molecular formula is C31H30N4O4. The molecule has 5 amide bonds. The van der Waals surface area contributed by atoms with Gasteiger partial charge in [0.05, 0.1) is 23.0 Å². The lowest BCUT2D eigenvalue weighted by atomic mass is 9.48. The monoisotopic (exact) mass is 522 g/mol. The molecule has 8 nitrogen and oxygen atoms in total. The molecular weight excluding hydrogens is 492 g/mol. The molecule has 0 spiro atoms. The van der Waals surface area contributed by atoms with E-state index in [0.717, 1.165) is 22.7 Å². The predicted molar refractivity (Wildman–Crippen MR) is 146 cm³/mol. The van der Waals surface area contributed by atoms with Crippen molar-refractivity contribution in [2.45, 2.75) is 50.9 Å². The van der Waals surface area contributed by atoms with Crippen LogP contribution >= 0.6 is 0 Å². The minimum atomic E-state index is -0.886. The van der Waals surface area contributed by atoms with Crippen LogP contribution in [0.1, 0.15) is 51.0 Å². The van der Waals surface area contributed by atoms with Gasteiger partial charge in [-0.2, -0.15) is 10.1 Å². The van der Waals surface area contributed by atoms with E-state index in [-0.39, 0.29) is 16.9 Å². The highest BCUT2D eigenvalue weighted by molar-refractivity contribution is 6.38. The van der Waals surface area contributed by atoms with Gasteiger partial charge >= 0.3 is 6.03 Å². The van der Waals surface area contributed by atoms with Crippen molar-refractivity contribution in [1.29, 1.82) is 0 Å². The number of urea groups is 1. The van der Waals surface area contributed by atoms with Crippen molar-refractivity contribution in [2.75, 3.05) is 9.91 Å². The minimum absolute atomic E-state index is 0.201. The summed E-state index contributed by atoms with van der Waals surface area (Å²) in [6.07, 6.45) is 9.07. The van der Waals surface area contributed by atoms with Gasteiger partial charge in [-0.1, -0.05) is 30.3 Å². The normalized spacial score (nSPS) is 32.7. The number of nitrogens with one attached hydrogen (secondary N) is 1. The molecule has 2 aromatic carbocycles. The first kappa shape index (κ1) is 24.0. The Balaban J connectivity index is 1.15. The van der Waals surface area contributed by atoms with Gasteiger partial charge in [0.25, 0.3) is 17.7 Å². The number of imide groups is 2. The Bertz CT molecular complexity index is 1420. The van der Waals surface area contributed by atoms with Gasteiger partial charge in [0, 0.05) is 0 Å². The largest absolute Gasteiger partial charge is 0.335 e. The summed E-state index contributed by atoms with van der Waals surface area (Å²) < 4.78 is 0. The van der Waals surface area contributed by atoms with Gasteiger partial charge in [-0.15, -0.1) is 0 Å². The number of amides is 5. The molecule has 2 heterocycles.